The third-order valence-corrected chi connectivity index (χ3v) is 3.23. The SMILES string of the molecule is CCCCC[C@@H](C(=O)NCC)N(CC)C(=O)C(C)C. The first-order chi connectivity index (χ1) is 8.99. The monoisotopic (exact) mass is 270 g/mol. The van der Waals surface area contributed by atoms with Gasteiger partial charge < -0.3 is 10.2 Å². The molecule has 0 unspecified atom stereocenters. The third-order valence-electron chi connectivity index (χ3n) is 3.23. The molecule has 1 N–H and O–H groups in total. The third kappa shape index (κ3) is 6.08. The van der Waals surface area contributed by atoms with Gasteiger partial charge >= 0.3 is 0 Å². The standard InChI is InChI=1S/C15H30N2O2/c1-6-9-10-11-13(14(18)16-7-2)17(8-3)15(19)12(4)5/h12-13H,6-11H2,1-5H3,(H,16,18)/t13-/m0/s1. The number of nitrogens with zero attached hydrogens (tertiary/aromatic N) is 1. The maximum absolute atomic E-state index is 12.2. The van der Waals surface area contributed by atoms with E-state index in [4.69, 9.17) is 0 Å². The van der Waals surface area contributed by atoms with Crippen LogP contribution in [0.15, 0.2) is 0 Å². The Morgan fingerprint density at radius 1 is 1.11 bits per heavy atom. The molecular weight excluding hydrogens is 240 g/mol. The molecule has 0 aliphatic heterocycles. The second-order valence-corrected chi connectivity index (χ2v) is 5.19. The Balaban J connectivity index is 4.84. The topological polar surface area (TPSA) is 49.4 Å². The van der Waals surface area contributed by atoms with Crippen molar-refractivity contribution in [3.63, 3.8) is 0 Å². The largest absolute Gasteiger partial charge is 0.355 e. The number of carbonyl (C=O) groups excluding carboxylic acids is 2. The minimum atomic E-state index is -0.314. The second kappa shape index (κ2) is 9.82. The van der Waals surface area contributed by atoms with Crippen LogP contribution in [0.1, 0.15) is 60.3 Å². The first-order valence-electron chi connectivity index (χ1n) is 7.57. The minimum Gasteiger partial charge on any atom is -0.355 e. The molecule has 0 aliphatic carbocycles. The number of likely N-dealkylation sites (N-methyl/N-ethyl adjacent to an activating group) is 2. The van der Waals surface area contributed by atoms with Gasteiger partial charge in [0, 0.05) is 19.0 Å². The molecule has 0 aromatic heterocycles. The van der Waals surface area contributed by atoms with Crippen LogP contribution in [0.2, 0.25) is 0 Å². The molecule has 0 fully saturated rings. The lowest BCUT2D eigenvalue weighted by molar-refractivity contribution is -0.143. The van der Waals surface area contributed by atoms with Crippen molar-refractivity contribution in [1.82, 2.24) is 10.2 Å². The first-order valence-corrected chi connectivity index (χ1v) is 7.57. The molecule has 0 saturated heterocycles. The molecule has 112 valence electrons. The number of carbonyl (C=O) groups is 2. The summed E-state index contributed by atoms with van der Waals surface area (Å²) in [4.78, 5) is 26.1. The highest BCUT2D eigenvalue weighted by Gasteiger charge is 2.28. The van der Waals surface area contributed by atoms with E-state index in [1.54, 1.807) is 4.90 Å². The molecule has 0 spiro atoms. The van der Waals surface area contributed by atoms with Crippen LogP contribution in [0.3, 0.4) is 0 Å². The van der Waals surface area contributed by atoms with Crippen LogP contribution in [0.25, 0.3) is 0 Å². The minimum absolute atomic E-state index is 0.0190. The van der Waals surface area contributed by atoms with Crippen molar-refractivity contribution in [3.8, 4) is 0 Å². The van der Waals surface area contributed by atoms with Crippen LogP contribution in [0.4, 0.5) is 0 Å². The number of hydrogen-bond donors (Lipinski definition) is 1. The summed E-state index contributed by atoms with van der Waals surface area (Å²) in [5, 5.41) is 2.85. The number of rotatable bonds is 9. The lowest BCUT2D eigenvalue weighted by Crippen LogP contribution is -2.50. The quantitative estimate of drug-likeness (QED) is 0.655. The van der Waals surface area contributed by atoms with Gasteiger partial charge in [0.1, 0.15) is 6.04 Å². The van der Waals surface area contributed by atoms with E-state index in [0.29, 0.717) is 13.1 Å². The zero-order valence-electron chi connectivity index (χ0n) is 13.2. The van der Waals surface area contributed by atoms with Gasteiger partial charge in [0.05, 0.1) is 0 Å². The smallest absolute Gasteiger partial charge is 0.242 e. The molecule has 0 bridgehead atoms. The van der Waals surface area contributed by atoms with E-state index in [9.17, 15) is 9.59 Å². The van der Waals surface area contributed by atoms with E-state index in [-0.39, 0.29) is 23.8 Å². The summed E-state index contributed by atoms with van der Waals surface area (Å²) >= 11 is 0. The van der Waals surface area contributed by atoms with Crippen LogP contribution in [-0.2, 0) is 9.59 Å². The van der Waals surface area contributed by atoms with Gasteiger partial charge in [-0.15, -0.1) is 0 Å². The van der Waals surface area contributed by atoms with E-state index in [0.717, 1.165) is 25.7 Å². The van der Waals surface area contributed by atoms with E-state index in [1.165, 1.54) is 0 Å². The summed E-state index contributed by atoms with van der Waals surface area (Å²) in [5.41, 5.74) is 0. The highest BCUT2D eigenvalue weighted by molar-refractivity contribution is 5.88. The molecule has 0 heterocycles. The Kier molecular flexibility index (Phi) is 9.27. The zero-order valence-corrected chi connectivity index (χ0v) is 13.2. The Labute approximate surface area is 117 Å². The van der Waals surface area contributed by atoms with E-state index in [2.05, 4.69) is 12.2 Å². The summed E-state index contributed by atoms with van der Waals surface area (Å²) in [6.45, 7) is 10.9. The maximum Gasteiger partial charge on any atom is 0.242 e. The van der Waals surface area contributed by atoms with Crippen LogP contribution >= 0.6 is 0 Å². The molecule has 0 aromatic rings. The van der Waals surface area contributed by atoms with Crippen LogP contribution in [0.5, 0.6) is 0 Å². The average molecular weight is 270 g/mol. The molecule has 1 atom stereocenters. The first kappa shape index (κ1) is 17.9. The van der Waals surface area contributed by atoms with Crippen LogP contribution in [-0.4, -0.2) is 35.8 Å². The van der Waals surface area contributed by atoms with Crippen molar-refractivity contribution in [2.75, 3.05) is 13.1 Å². The molecule has 2 amide bonds. The Bertz CT molecular complexity index is 277. The fraction of sp³-hybridized carbons (Fsp3) is 0.867. The van der Waals surface area contributed by atoms with Crippen molar-refractivity contribution in [2.24, 2.45) is 5.92 Å². The van der Waals surface area contributed by atoms with Gasteiger partial charge in [0.25, 0.3) is 0 Å². The fourth-order valence-electron chi connectivity index (χ4n) is 2.17. The summed E-state index contributed by atoms with van der Waals surface area (Å²) in [7, 11) is 0. The number of amides is 2. The molecule has 0 saturated carbocycles. The second-order valence-electron chi connectivity index (χ2n) is 5.19. The average Bonchev–Trinajstić information content (AvgIpc) is 2.37. The molecule has 4 heteroatoms. The molecular formula is C15H30N2O2. The van der Waals surface area contributed by atoms with Gasteiger partial charge in [0.15, 0.2) is 0 Å². The molecule has 0 aliphatic rings. The van der Waals surface area contributed by atoms with E-state index in [1.807, 2.05) is 27.7 Å². The van der Waals surface area contributed by atoms with Crippen molar-refractivity contribution in [2.45, 2.75) is 66.3 Å². The normalized spacial score (nSPS) is 12.3. The summed E-state index contributed by atoms with van der Waals surface area (Å²) < 4.78 is 0. The van der Waals surface area contributed by atoms with Crippen molar-refractivity contribution < 1.29 is 9.59 Å². The lowest BCUT2D eigenvalue weighted by atomic mass is 10.0. The maximum atomic E-state index is 12.2. The number of hydrogen-bond acceptors (Lipinski definition) is 2. The summed E-state index contributed by atoms with van der Waals surface area (Å²) in [5.74, 6) is -0.0206. The van der Waals surface area contributed by atoms with Gasteiger partial charge in [-0.05, 0) is 20.3 Å². The predicted octanol–water partition coefficient (Wildman–Crippen LogP) is 2.58. The van der Waals surface area contributed by atoms with Gasteiger partial charge in [-0.25, -0.2) is 0 Å². The fourth-order valence-corrected chi connectivity index (χ4v) is 2.17. The highest BCUT2D eigenvalue weighted by atomic mass is 16.2. The molecule has 0 rings (SSSR count). The Morgan fingerprint density at radius 3 is 2.16 bits per heavy atom. The van der Waals surface area contributed by atoms with Crippen LogP contribution in [0, 0.1) is 5.92 Å². The molecule has 0 radical (unpaired) electrons. The Morgan fingerprint density at radius 2 is 1.74 bits per heavy atom. The molecule has 4 nitrogen and oxygen atoms in total. The van der Waals surface area contributed by atoms with Gasteiger partial charge in [-0.3, -0.25) is 9.59 Å². The molecule has 19 heavy (non-hydrogen) atoms. The van der Waals surface area contributed by atoms with Crippen LogP contribution < -0.4 is 5.32 Å². The zero-order chi connectivity index (χ0) is 14.8. The van der Waals surface area contributed by atoms with Gasteiger partial charge in [-0.1, -0.05) is 40.0 Å². The number of unbranched alkanes of at least 4 members (excludes halogenated alkanes) is 2. The van der Waals surface area contributed by atoms with Crippen molar-refractivity contribution in [1.29, 1.82) is 0 Å². The molecule has 0 aromatic carbocycles. The van der Waals surface area contributed by atoms with Gasteiger partial charge in [0.2, 0.25) is 11.8 Å². The van der Waals surface area contributed by atoms with Gasteiger partial charge in [-0.2, -0.15) is 0 Å². The van der Waals surface area contributed by atoms with Crippen molar-refractivity contribution in [3.05, 3.63) is 0 Å². The van der Waals surface area contributed by atoms with Crippen molar-refractivity contribution >= 4 is 11.8 Å². The Hall–Kier alpha value is -1.06. The predicted molar refractivity (Wildman–Crippen MR) is 78.8 cm³/mol. The summed E-state index contributed by atoms with van der Waals surface area (Å²) in [6, 6.07) is -0.314. The lowest BCUT2D eigenvalue weighted by Gasteiger charge is -2.31. The van der Waals surface area contributed by atoms with E-state index >= 15 is 0 Å². The number of nitrogens with one attached hydrogen (secondary N) is 1. The van der Waals surface area contributed by atoms with E-state index < -0.39 is 0 Å². The highest BCUT2D eigenvalue weighted by Crippen LogP contribution is 2.14. The summed E-state index contributed by atoms with van der Waals surface area (Å²) in [6.07, 6.45) is 3.96.